The molecule has 1 N–H and O–H groups in total. The summed E-state index contributed by atoms with van der Waals surface area (Å²) >= 11 is 0. The Bertz CT molecular complexity index is 1180. The van der Waals surface area contributed by atoms with Crippen molar-refractivity contribution in [2.75, 3.05) is 11.9 Å². The lowest BCUT2D eigenvalue weighted by atomic mass is 9.81. The molecule has 2 amide bonds. The number of carbonyl (C=O) groups excluding carboxylic acids is 2. The van der Waals surface area contributed by atoms with E-state index in [0.717, 1.165) is 34.6 Å². The lowest BCUT2D eigenvalue weighted by molar-refractivity contribution is -0.120. The second kappa shape index (κ2) is 11.1. The molecule has 0 bridgehead atoms. The van der Waals surface area contributed by atoms with Crippen LogP contribution in [0.3, 0.4) is 0 Å². The molecule has 9 heteroatoms. The Kier molecular flexibility index (Phi) is 8.96. The number of fused-ring (bicyclic) bond motifs is 1. The number of carbonyl (C=O) groups is 2. The van der Waals surface area contributed by atoms with Crippen molar-refractivity contribution in [2.45, 2.75) is 45.7 Å². The molecule has 0 saturated heterocycles. The van der Waals surface area contributed by atoms with Gasteiger partial charge < -0.3 is 5.32 Å². The highest BCUT2D eigenvalue weighted by Gasteiger charge is 2.44. The molecule has 3 aromatic rings. The van der Waals surface area contributed by atoms with Crippen LogP contribution in [0.4, 0.5) is 10.2 Å². The predicted molar refractivity (Wildman–Crippen MR) is 142 cm³/mol. The average molecular weight is 503 g/mol. The van der Waals surface area contributed by atoms with Gasteiger partial charge in [0.25, 0.3) is 11.8 Å². The van der Waals surface area contributed by atoms with Gasteiger partial charge in [0.05, 0.1) is 5.69 Å². The maximum atomic E-state index is 13.7. The molecular formula is C25H31FN4O2S2. The summed E-state index contributed by atoms with van der Waals surface area (Å²) in [6.45, 7) is 6.54. The van der Waals surface area contributed by atoms with Gasteiger partial charge in [-0.25, -0.2) is 9.07 Å². The van der Waals surface area contributed by atoms with Crippen molar-refractivity contribution < 1.29 is 14.0 Å². The molecule has 0 aliphatic carbocycles. The van der Waals surface area contributed by atoms with E-state index in [-0.39, 0.29) is 44.6 Å². The standard InChI is InChI=1S/C25H27FN4O2.2H2S/c1-5-13-30-24-20(16(3)28-30)21(17-9-11-19(26)12-10-17)22(25(32)29(24)4)27-23(31)18-8-6-7-15(2)14-18;;/h6-12,14,21-22H,5,13H2,1-4H3,(H,27,31);2*1H2/t21-,22-;;/m0../s1. The van der Waals surface area contributed by atoms with Crippen LogP contribution in [0.5, 0.6) is 0 Å². The number of aromatic nitrogens is 2. The highest BCUT2D eigenvalue weighted by atomic mass is 32.1. The molecule has 0 radical (unpaired) electrons. The summed E-state index contributed by atoms with van der Waals surface area (Å²) < 4.78 is 15.5. The number of amides is 2. The lowest BCUT2D eigenvalue weighted by Crippen LogP contribution is -2.54. The van der Waals surface area contributed by atoms with Crippen LogP contribution < -0.4 is 10.2 Å². The summed E-state index contributed by atoms with van der Waals surface area (Å²) in [5.74, 6) is -0.662. The Labute approximate surface area is 213 Å². The van der Waals surface area contributed by atoms with E-state index in [2.05, 4.69) is 17.3 Å². The molecule has 0 spiro atoms. The molecule has 0 saturated carbocycles. The molecule has 4 rings (SSSR count). The number of benzene rings is 2. The normalized spacial score (nSPS) is 16.9. The fraction of sp³-hybridized carbons (Fsp3) is 0.320. The first-order valence-electron chi connectivity index (χ1n) is 10.8. The van der Waals surface area contributed by atoms with Gasteiger partial charge in [0.2, 0.25) is 0 Å². The molecule has 0 fully saturated rings. The molecule has 34 heavy (non-hydrogen) atoms. The first kappa shape index (κ1) is 27.5. The van der Waals surface area contributed by atoms with Crippen molar-refractivity contribution in [3.05, 3.63) is 82.3 Å². The number of hydrogen-bond donors (Lipinski definition) is 1. The first-order valence-corrected chi connectivity index (χ1v) is 10.8. The minimum Gasteiger partial charge on any atom is -0.339 e. The molecule has 1 aliphatic rings. The third kappa shape index (κ3) is 5.00. The van der Waals surface area contributed by atoms with Gasteiger partial charge in [-0.05, 0) is 50.1 Å². The number of aryl methyl sites for hydroxylation is 3. The summed E-state index contributed by atoms with van der Waals surface area (Å²) in [4.78, 5) is 28.2. The van der Waals surface area contributed by atoms with Crippen LogP contribution in [-0.2, 0) is 11.3 Å². The van der Waals surface area contributed by atoms with E-state index < -0.39 is 12.0 Å². The Morgan fingerprint density at radius 2 is 1.79 bits per heavy atom. The summed E-state index contributed by atoms with van der Waals surface area (Å²) in [6, 6.07) is 12.5. The van der Waals surface area contributed by atoms with E-state index in [9.17, 15) is 14.0 Å². The number of nitrogens with one attached hydrogen (secondary N) is 1. The fourth-order valence-electron chi connectivity index (χ4n) is 4.48. The quantitative estimate of drug-likeness (QED) is 0.569. The molecule has 182 valence electrons. The topological polar surface area (TPSA) is 67.2 Å². The summed E-state index contributed by atoms with van der Waals surface area (Å²) in [7, 11) is 1.71. The summed E-state index contributed by atoms with van der Waals surface area (Å²) in [5.41, 5.74) is 3.86. The second-order valence-corrected chi connectivity index (χ2v) is 8.29. The van der Waals surface area contributed by atoms with Gasteiger partial charge in [0.15, 0.2) is 0 Å². The maximum Gasteiger partial charge on any atom is 0.251 e. The highest BCUT2D eigenvalue weighted by Crippen LogP contribution is 2.42. The molecule has 1 aromatic heterocycles. The van der Waals surface area contributed by atoms with Crippen LogP contribution in [-0.4, -0.2) is 34.7 Å². The Morgan fingerprint density at radius 1 is 1.12 bits per heavy atom. The summed E-state index contributed by atoms with van der Waals surface area (Å²) in [6.07, 6.45) is 0.865. The van der Waals surface area contributed by atoms with Gasteiger partial charge >= 0.3 is 0 Å². The van der Waals surface area contributed by atoms with Gasteiger partial charge in [-0.15, -0.1) is 0 Å². The van der Waals surface area contributed by atoms with Crippen LogP contribution in [0.2, 0.25) is 0 Å². The average Bonchev–Trinajstić information content (AvgIpc) is 3.09. The maximum absolute atomic E-state index is 13.7. The SMILES string of the molecule is CCCn1nc(C)c2c1N(C)C(=O)[C@@H](NC(=O)c1cccc(C)c1)[C@H]2c1ccc(F)cc1.S.S. The van der Waals surface area contributed by atoms with Crippen molar-refractivity contribution in [3.8, 4) is 0 Å². The van der Waals surface area contributed by atoms with Crippen LogP contribution in [0.1, 0.15) is 52.0 Å². The monoisotopic (exact) mass is 502 g/mol. The Hall–Kier alpha value is -2.78. The van der Waals surface area contributed by atoms with Crippen LogP contribution in [0.15, 0.2) is 48.5 Å². The van der Waals surface area contributed by atoms with Gasteiger partial charge in [0, 0.05) is 30.6 Å². The van der Waals surface area contributed by atoms with Crippen molar-refractivity contribution in [3.63, 3.8) is 0 Å². The van der Waals surface area contributed by atoms with Gasteiger partial charge in [0.1, 0.15) is 17.7 Å². The zero-order chi connectivity index (χ0) is 23.0. The molecule has 2 heterocycles. The number of rotatable bonds is 5. The second-order valence-electron chi connectivity index (χ2n) is 8.29. The van der Waals surface area contributed by atoms with Gasteiger partial charge in [-0.3, -0.25) is 14.5 Å². The van der Waals surface area contributed by atoms with Crippen LogP contribution >= 0.6 is 27.0 Å². The van der Waals surface area contributed by atoms with E-state index in [4.69, 9.17) is 0 Å². The molecule has 0 unspecified atom stereocenters. The zero-order valence-corrected chi connectivity index (χ0v) is 21.7. The number of anilines is 1. The molecule has 2 aromatic carbocycles. The van der Waals surface area contributed by atoms with Gasteiger partial charge in [-0.2, -0.15) is 32.1 Å². The lowest BCUT2D eigenvalue weighted by Gasteiger charge is -2.37. The molecule has 2 atom stereocenters. The summed E-state index contributed by atoms with van der Waals surface area (Å²) in [5, 5.41) is 7.63. The third-order valence-corrected chi connectivity index (χ3v) is 5.94. The van der Waals surface area contributed by atoms with E-state index >= 15 is 0 Å². The number of hydrogen-bond acceptors (Lipinski definition) is 3. The fourth-order valence-corrected chi connectivity index (χ4v) is 4.48. The molecule has 6 nitrogen and oxygen atoms in total. The minimum absolute atomic E-state index is 0. The smallest absolute Gasteiger partial charge is 0.251 e. The van der Waals surface area contributed by atoms with E-state index in [0.29, 0.717) is 12.1 Å². The van der Waals surface area contributed by atoms with E-state index in [1.54, 1.807) is 36.2 Å². The number of halogens is 1. The van der Waals surface area contributed by atoms with Crippen LogP contribution in [0, 0.1) is 19.7 Å². The predicted octanol–water partition coefficient (Wildman–Crippen LogP) is 4.18. The Balaban J connectivity index is 0.00000204. The third-order valence-electron chi connectivity index (χ3n) is 5.94. The first-order chi connectivity index (χ1) is 15.3. The zero-order valence-electron chi connectivity index (χ0n) is 19.7. The van der Waals surface area contributed by atoms with E-state index in [1.165, 1.54) is 12.1 Å². The highest BCUT2D eigenvalue weighted by molar-refractivity contribution is 7.59. The minimum atomic E-state index is -0.844. The van der Waals surface area contributed by atoms with Crippen molar-refractivity contribution in [2.24, 2.45) is 0 Å². The Morgan fingerprint density at radius 3 is 2.41 bits per heavy atom. The van der Waals surface area contributed by atoms with Crippen molar-refractivity contribution in [1.82, 2.24) is 15.1 Å². The van der Waals surface area contributed by atoms with Gasteiger partial charge in [-0.1, -0.05) is 36.8 Å². The van der Waals surface area contributed by atoms with Crippen molar-refractivity contribution >= 4 is 44.6 Å². The molecular weight excluding hydrogens is 471 g/mol. The molecule has 1 aliphatic heterocycles. The van der Waals surface area contributed by atoms with E-state index in [1.807, 2.05) is 30.7 Å². The number of nitrogens with zero attached hydrogens (tertiary/aromatic N) is 3. The van der Waals surface area contributed by atoms with Crippen LogP contribution in [0.25, 0.3) is 0 Å². The largest absolute Gasteiger partial charge is 0.339 e. The number of likely N-dealkylation sites (N-methyl/N-ethyl adjacent to an activating group) is 1. The van der Waals surface area contributed by atoms with Crippen molar-refractivity contribution in [1.29, 1.82) is 0 Å².